The molecular formula is C16H25NOS. The Morgan fingerprint density at radius 3 is 2.58 bits per heavy atom. The highest BCUT2D eigenvalue weighted by atomic mass is 32.2. The summed E-state index contributed by atoms with van der Waals surface area (Å²) in [5.41, 5.74) is 6.96. The van der Waals surface area contributed by atoms with Crippen LogP contribution in [0.2, 0.25) is 0 Å². The minimum atomic E-state index is 0.704. The number of ether oxygens (including phenoxy) is 1. The molecule has 1 aliphatic rings. The lowest BCUT2D eigenvalue weighted by molar-refractivity contribution is 0.339. The first-order valence-electron chi connectivity index (χ1n) is 7.41. The van der Waals surface area contributed by atoms with Gasteiger partial charge in [0.15, 0.2) is 0 Å². The molecule has 0 aliphatic heterocycles. The predicted molar refractivity (Wildman–Crippen MR) is 83.9 cm³/mol. The van der Waals surface area contributed by atoms with E-state index in [1.807, 2.05) is 30.8 Å². The zero-order chi connectivity index (χ0) is 13.7. The van der Waals surface area contributed by atoms with Gasteiger partial charge in [-0.3, -0.25) is 0 Å². The van der Waals surface area contributed by atoms with Crippen molar-refractivity contribution in [1.82, 2.24) is 0 Å². The van der Waals surface area contributed by atoms with Crippen molar-refractivity contribution in [3.05, 3.63) is 18.2 Å². The molecule has 1 fully saturated rings. The summed E-state index contributed by atoms with van der Waals surface area (Å²) in [5.74, 6) is 1.88. The average Bonchev–Trinajstić information content (AvgIpc) is 2.44. The molecule has 0 saturated heterocycles. The monoisotopic (exact) mass is 279 g/mol. The lowest BCUT2D eigenvalue weighted by Crippen LogP contribution is -2.15. The molecule has 0 aromatic heterocycles. The van der Waals surface area contributed by atoms with Gasteiger partial charge in [0.05, 0.1) is 6.61 Å². The van der Waals surface area contributed by atoms with Gasteiger partial charge < -0.3 is 10.5 Å². The first-order valence-corrected chi connectivity index (χ1v) is 8.29. The highest BCUT2D eigenvalue weighted by Gasteiger charge is 2.21. The molecule has 0 unspecified atom stereocenters. The van der Waals surface area contributed by atoms with Crippen LogP contribution in [0, 0.1) is 5.92 Å². The van der Waals surface area contributed by atoms with Crippen molar-refractivity contribution >= 4 is 17.4 Å². The van der Waals surface area contributed by atoms with Crippen LogP contribution in [0.25, 0.3) is 0 Å². The Labute approximate surface area is 121 Å². The molecule has 2 N–H and O–H groups in total. The molecule has 0 spiro atoms. The number of thioether (sulfide) groups is 1. The van der Waals surface area contributed by atoms with Crippen LogP contribution in [0.15, 0.2) is 23.1 Å². The molecule has 1 aliphatic carbocycles. The van der Waals surface area contributed by atoms with E-state index in [1.54, 1.807) is 0 Å². The van der Waals surface area contributed by atoms with E-state index in [4.69, 9.17) is 10.5 Å². The fourth-order valence-corrected chi connectivity index (χ4v) is 3.97. The molecule has 2 rings (SSSR count). The third kappa shape index (κ3) is 4.07. The second-order valence-corrected chi connectivity index (χ2v) is 6.64. The van der Waals surface area contributed by atoms with E-state index in [2.05, 4.69) is 13.0 Å². The molecule has 0 amide bonds. The Morgan fingerprint density at radius 2 is 1.95 bits per heavy atom. The molecule has 0 heterocycles. The smallest absolute Gasteiger partial charge is 0.120 e. The SMILES string of the molecule is CCOc1ccc(N)c(SC2CCC(CC)CC2)c1. The molecule has 1 aromatic carbocycles. The maximum atomic E-state index is 6.08. The Balaban J connectivity index is 1.96. The summed E-state index contributed by atoms with van der Waals surface area (Å²) in [7, 11) is 0. The molecule has 0 bridgehead atoms. The summed E-state index contributed by atoms with van der Waals surface area (Å²) < 4.78 is 5.56. The minimum absolute atomic E-state index is 0.704. The second kappa shape index (κ2) is 7.09. The Kier molecular flexibility index (Phi) is 5.44. The maximum Gasteiger partial charge on any atom is 0.120 e. The number of anilines is 1. The zero-order valence-electron chi connectivity index (χ0n) is 12.0. The molecule has 0 radical (unpaired) electrons. The van der Waals surface area contributed by atoms with Gasteiger partial charge in [0.2, 0.25) is 0 Å². The minimum Gasteiger partial charge on any atom is -0.494 e. The molecular weight excluding hydrogens is 254 g/mol. The highest BCUT2D eigenvalue weighted by molar-refractivity contribution is 8.00. The summed E-state index contributed by atoms with van der Waals surface area (Å²) in [6, 6.07) is 6.01. The van der Waals surface area contributed by atoms with Crippen LogP contribution in [-0.2, 0) is 0 Å². The first-order chi connectivity index (χ1) is 9.22. The molecule has 106 valence electrons. The fraction of sp³-hybridized carbons (Fsp3) is 0.625. The van der Waals surface area contributed by atoms with Gasteiger partial charge in [0, 0.05) is 15.8 Å². The Morgan fingerprint density at radius 1 is 1.21 bits per heavy atom. The third-order valence-electron chi connectivity index (χ3n) is 3.96. The van der Waals surface area contributed by atoms with Crippen LogP contribution in [0.4, 0.5) is 5.69 Å². The van der Waals surface area contributed by atoms with Crippen molar-refractivity contribution < 1.29 is 4.74 Å². The van der Waals surface area contributed by atoms with Crippen LogP contribution in [0.5, 0.6) is 5.75 Å². The van der Waals surface area contributed by atoms with Crippen LogP contribution in [0.1, 0.15) is 46.0 Å². The lowest BCUT2D eigenvalue weighted by atomic mass is 9.87. The van der Waals surface area contributed by atoms with Crippen molar-refractivity contribution in [2.24, 2.45) is 5.92 Å². The van der Waals surface area contributed by atoms with Gasteiger partial charge in [-0.15, -0.1) is 11.8 Å². The van der Waals surface area contributed by atoms with Gasteiger partial charge in [-0.25, -0.2) is 0 Å². The highest BCUT2D eigenvalue weighted by Crippen LogP contribution is 2.39. The van der Waals surface area contributed by atoms with E-state index >= 15 is 0 Å². The zero-order valence-corrected chi connectivity index (χ0v) is 12.8. The summed E-state index contributed by atoms with van der Waals surface area (Å²) in [6.45, 7) is 5.02. The van der Waals surface area contributed by atoms with E-state index in [1.165, 1.54) is 37.0 Å². The molecule has 2 nitrogen and oxygen atoms in total. The van der Waals surface area contributed by atoms with Crippen LogP contribution < -0.4 is 10.5 Å². The number of nitrogens with two attached hydrogens (primary N) is 1. The molecule has 19 heavy (non-hydrogen) atoms. The number of nitrogen functional groups attached to an aromatic ring is 1. The quantitative estimate of drug-likeness (QED) is 0.791. The topological polar surface area (TPSA) is 35.2 Å². The largest absolute Gasteiger partial charge is 0.494 e. The van der Waals surface area contributed by atoms with E-state index in [0.717, 1.165) is 22.6 Å². The lowest BCUT2D eigenvalue weighted by Gasteiger charge is -2.27. The first kappa shape index (κ1) is 14.6. The average molecular weight is 279 g/mol. The van der Waals surface area contributed by atoms with Crippen LogP contribution >= 0.6 is 11.8 Å². The van der Waals surface area contributed by atoms with Crippen molar-refractivity contribution in [3.8, 4) is 5.75 Å². The fourth-order valence-electron chi connectivity index (χ4n) is 2.71. The van der Waals surface area contributed by atoms with Crippen molar-refractivity contribution in [1.29, 1.82) is 0 Å². The van der Waals surface area contributed by atoms with Crippen LogP contribution in [-0.4, -0.2) is 11.9 Å². The Hall–Kier alpha value is -0.830. The van der Waals surface area contributed by atoms with Gasteiger partial charge in [-0.1, -0.05) is 13.3 Å². The van der Waals surface area contributed by atoms with E-state index in [-0.39, 0.29) is 0 Å². The number of hydrogen-bond donors (Lipinski definition) is 1. The number of benzene rings is 1. The second-order valence-electron chi connectivity index (χ2n) is 5.30. The van der Waals surface area contributed by atoms with Crippen molar-refractivity contribution in [3.63, 3.8) is 0 Å². The van der Waals surface area contributed by atoms with Gasteiger partial charge in [0.1, 0.15) is 5.75 Å². The molecule has 0 atom stereocenters. The maximum absolute atomic E-state index is 6.08. The normalized spacial score (nSPS) is 23.3. The summed E-state index contributed by atoms with van der Waals surface area (Å²) in [6.07, 6.45) is 6.72. The van der Waals surface area contributed by atoms with Gasteiger partial charge in [0.25, 0.3) is 0 Å². The van der Waals surface area contributed by atoms with E-state index in [0.29, 0.717) is 6.61 Å². The Bertz CT molecular complexity index is 400. The number of rotatable bonds is 5. The van der Waals surface area contributed by atoms with Gasteiger partial charge in [-0.2, -0.15) is 0 Å². The van der Waals surface area contributed by atoms with Crippen LogP contribution in [0.3, 0.4) is 0 Å². The summed E-state index contributed by atoms with van der Waals surface area (Å²) >= 11 is 1.94. The predicted octanol–water partition coefficient (Wildman–Crippen LogP) is 4.73. The summed E-state index contributed by atoms with van der Waals surface area (Å²) in [4.78, 5) is 1.19. The number of hydrogen-bond acceptors (Lipinski definition) is 3. The molecule has 1 saturated carbocycles. The summed E-state index contributed by atoms with van der Waals surface area (Å²) in [5, 5.41) is 0.724. The van der Waals surface area contributed by atoms with E-state index in [9.17, 15) is 0 Å². The molecule has 1 aromatic rings. The molecule has 3 heteroatoms. The van der Waals surface area contributed by atoms with Crippen molar-refractivity contribution in [2.45, 2.75) is 56.1 Å². The van der Waals surface area contributed by atoms with Crippen molar-refractivity contribution in [2.75, 3.05) is 12.3 Å². The third-order valence-corrected chi connectivity index (χ3v) is 5.37. The van der Waals surface area contributed by atoms with Gasteiger partial charge >= 0.3 is 0 Å². The standard InChI is InChI=1S/C16H25NOS/c1-3-12-5-8-14(9-6-12)19-16-11-13(18-4-2)7-10-15(16)17/h7,10-12,14H,3-6,8-9,17H2,1-2H3. The van der Waals surface area contributed by atoms with E-state index < -0.39 is 0 Å². The van der Waals surface area contributed by atoms with Gasteiger partial charge in [-0.05, 0) is 56.7 Å².